The third-order valence-electron chi connectivity index (χ3n) is 5.09. The summed E-state index contributed by atoms with van der Waals surface area (Å²) in [6.45, 7) is 0.960. The molecule has 9 heteroatoms. The summed E-state index contributed by atoms with van der Waals surface area (Å²) in [6.07, 6.45) is -2.08. The molecule has 2 amide bonds. The Morgan fingerprint density at radius 2 is 2.04 bits per heavy atom. The normalized spacial score (nSPS) is 31.6. The van der Waals surface area contributed by atoms with Crippen LogP contribution in [0.5, 0.6) is 0 Å². The highest BCUT2D eigenvalue weighted by Gasteiger charge is 2.68. The largest absolute Gasteiger partial charge is 0.462 e. The molecule has 1 aromatic rings. The van der Waals surface area contributed by atoms with Gasteiger partial charge in [-0.3, -0.25) is 14.4 Å². The second-order valence-corrected chi connectivity index (χ2v) is 6.74. The third kappa shape index (κ3) is 2.56. The summed E-state index contributed by atoms with van der Waals surface area (Å²) in [4.78, 5) is 37.7. The minimum absolute atomic E-state index is 0.142. The number of hydrogen-bond donors (Lipinski definition) is 0. The summed E-state index contributed by atoms with van der Waals surface area (Å²) >= 11 is 0. The van der Waals surface area contributed by atoms with Crippen LogP contribution < -0.4 is 4.90 Å². The number of benzene rings is 1. The van der Waals surface area contributed by atoms with Gasteiger partial charge in [0.15, 0.2) is 0 Å². The number of carbonyl (C=O) groups excluding carboxylic acids is 3. The van der Waals surface area contributed by atoms with Crippen LogP contribution in [0, 0.1) is 11.8 Å². The second-order valence-electron chi connectivity index (χ2n) is 6.74. The first-order chi connectivity index (χ1) is 12.6. The van der Waals surface area contributed by atoms with Crippen LogP contribution in [-0.2, 0) is 30.0 Å². The first-order valence-corrected chi connectivity index (χ1v) is 8.20. The molecule has 0 radical (unpaired) electrons. The number of imide groups is 1. The summed E-state index contributed by atoms with van der Waals surface area (Å²) in [7, 11) is 0. The van der Waals surface area contributed by atoms with Gasteiger partial charge >= 0.3 is 12.1 Å². The van der Waals surface area contributed by atoms with Crippen molar-refractivity contribution in [1.29, 1.82) is 0 Å². The number of anilines is 1. The zero-order valence-electron chi connectivity index (χ0n) is 14.0. The molecule has 0 spiro atoms. The zero-order chi connectivity index (χ0) is 19.6. The lowest BCUT2D eigenvalue weighted by molar-refractivity contribution is -0.150. The number of alkyl halides is 3. The molecule has 2 bridgehead atoms. The Labute approximate surface area is 151 Å². The molecule has 6 nitrogen and oxygen atoms in total. The first kappa shape index (κ1) is 17.7. The monoisotopic (exact) mass is 381 g/mol. The number of halogens is 3. The van der Waals surface area contributed by atoms with E-state index in [0.717, 1.165) is 23.1 Å². The van der Waals surface area contributed by atoms with Gasteiger partial charge < -0.3 is 9.47 Å². The van der Waals surface area contributed by atoms with Crippen LogP contribution in [-0.4, -0.2) is 36.1 Å². The molecule has 2 saturated heterocycles. The predicted molar refractivity (Wildman–Crippen MR) is 84.3 cm³/mol. The van der Waals surface area contributed by atoms with E-state index < -0.39 is 53.1 Å². The molecule has 0 saturated carbocycles. The van der Waals surface area contributed by atoms with E-state index in [0.29, 0.717) is 0 Å². The molecule has 3 aliphatic heterocycles. The summed E-state index contributed by atoms with van der Waals surface area (Å²) in [5, 5.41) is 0. The average Bonchev–Trinajstić information content (AvgIpc) is 3.23. The Morgan fingerprint density at radius 1 is 1.30 bits per heavy atom. The van der Waals surface area contributed by atoms with Crippen LogP contribution in [0.2, 0.25) is 0 Å². The van der Waals surface area contributed by atoms with Gasteiger partial charge in [-0.25, -0.2) is 4.90 Å². The maximum absolute atomic E-state index is 13.0. The number of amides is 2. The predicted octanol–water partition coefficient (Wildman–Crippen LogP) is 2.08. The Bertz CT molecular complexity index is 880. The number of rotatable bonds is 3. The number of nitrogens with zero attached hydrogens (tertiary/aromatic N) is 1. The SMILES string of the molecule is CC(=O)OC[C@@]12C=C[C@@H](O1)[C@H]1C(=O)N(c3cccc(C(F)(F)F)c3)C(=O)[C@H]12. The van der Waals surface area contributed by atoms with Crippen molar-refractivity contribution in [2.45, 2.75) is 24.8 Å². The van der Waals surface area contributed by atoms with Gasteiger partial charge in [0.1, 0.15) is 12.2 Å². The van der Waals surface area contributed by atoms with Gasteiger partial charge in [-0.15, -0.1) is 0 Å². The molecular weight excluding hydrogens is 367 g/mol. The fourth-order valence-corrected chi connectivity index (χ4v) is 3.96. The molecular formula is C18H14F3NO5. The molecule has 27 heavy (non-hydrogen) atoms. The highest BCUT2D eigenvalue weighted by Crippen LogP contribution is 2.52. The highest BCUT2D eigenvalue weighted by atomic mass is 19.4. The lowest BCUT2D eigenvalue weighted by Crippen LogP contribution is -2.44. The molecule has 4 atom stereocenters. The first-order valence-electron chi connectivity index (χ1n) is 8.20. The fourth-order valence-electron chi connectivity index (χ4n) is 3.96. The van der Waals surface area contributed by atoms with Gasteiger partial charge in [-0.05, 0) is 24.3 Å². The quantitative estimate of drug-likeness (QED) is 0.455. The lowest BCUT2D eigenvalue weighted by atomic mass is 9.77. The van der Waals surface area contributed by atoms with Crippen LogP contribution in [0.1, 0.15) is 12.5 Å². The van der Waals surface area contributed by atoms with Crippen LogP contribution in [0.15, 0.2) is 36.4 Å². The van der Waals surface area contributed by atoms with Gasteiger partial charge in [0.05, 0.1) is 29.2 Å². The molecule has 3 aliphatic rings. The van der Waals surface area contributed by atoms with Gasteiger partial charge in [0, 0.05) is 6.92 Å². The molecule has 0 aliphatic carbocycles. The van der Waals surface area contributed by atoms with Gasteiger partial charge in [-0.2, -0.15) is 13.2 Å². The number of hydrogen-bond acceptors (Lipinski definition) is 5. The van der Waals surface area contributed by atoms with E-state index in [-0.39, 0.29) is 12.3 Å². The molecule has 1 aromatic carbocycles. The van der Waals surface area contributed by atoms with Crippen molar-refractivity contribution in [2.24, 2.45) is 11.8 Å². The highest BCUT2D eigenvalue weighted by molar-refractivity contribution is 6.23. The van der Waals surface area contributed by atoms with Crippen molar-refractivity contribution in [3.8, 4) is 0 Å². The number of carbonyl (C=O) groups is 3. The van der Waals surface area contributed by atoms with Crippen LogP contribution in [0.25, 0.3) is 0 Å². The number of fused-ring (bicyclic) bond motifs is 5. The van der Waals surface area contributed by atoms with E-state index in [2.05, 4.69) is 0 Å². The Balaban J connectivity index is 1.69. The van der Waals surface area contributed by atoms with Crippen molar-refractivity contribution in [1.82, 2.24) is 0 Å². The zero-order valence-corrected chi connectivity index (χ0v) is 14.0. The average molecular weight is 381 g/mol. The van der Waals surface area contributed by atoms with Crippen molar-refractivity contribution in [3.63, 3.8) is 0 Å². The Morgan fingerprint density at radius 3 is 2.70 bits per heavy atom. The van der Waals surface area contributed by atoms with Crippen LogP contribution in [0.3, 0.4) is 0 Å². The van der Waals surface area contributed by atoms with Crippen molar-refractivity contribution in [2.75, 3.05) is 11.5 Å². The van der Waals surface area contributed by atoms with Crippen LogP contribution in [0.4, 0.5) is 18.9 Å². The maximum atomic E-state index is 13.0. The molecule has 2 fully saturated rings. The molecule has 0 unspecified atom stereocenters. The number of esters is 1. The lowest BCUT2D eigenvalue weighted by Gasteiger charge is -2.28. The fraction of sp³-hybridized carbons (Fsp3) is 0.389. The maximum Gasteiger partial charge on any atom is 0.416 e. The van der Waals surface area contributed by atoms with E-state index in [1.54, 1.807) is 12.2 Å². The van der Waals surface area contributed by atoms with Crippen molar-refractivity contribution < 1.29 is 37.0 Å². The minimum Gasteiger partial charge on any atom is -0.462 e. The Kier molecular flexibility index (Phi) is 3.71. The molecule has 3 heterocycles. The van der Waals surface area contributed by atoms with E-state index >= 15 is 0 Å². The van der Waals surface area contributed by atoms with E-state index in [4.69, 9.17) is 9.47 Å². The van der Waals surface area contributed by atoms with Crippen LogP contribution >= 0.6 is 0 Å². The standard InChI is InChI=1S/C18H14F3NO5/c1-9(23)26-8-17-6-5-12(27-17)13-14(17)16(25)22(15(13)24)11-4-2-3-10(7-11)18(19,20)21/h2-7,12-14H,8H2,1H3/t12-,13-,14+,17-/m1/s1. The summed E-state index contributed by atoms with van der Waals surface area (Å²) < 4.78 is 49.7. The summed E-state index contributed by atoms with van der Waals surface area (Å²) in [5.41, 5.74) is -2.37. The van der Waals surface area contributed by atoms with Crippen molar-refractivity contribution >= 4 is 23.5 Å². The summed E-state index contributed by atoms with van der Waals surface area (Å²) in [6, 6.07) is 4.06. The van der Waals surface area contributed by atoms with Gasteiger partial charge in [0.25, 0.3) is 0 Å². The molecule has 0 aromatic heterocycles. The summed E-state index contributed by atoms with van der Waals surface area (Å²) in [5.74, 6) is -3.66. The van der Waals surface area contributed by atoms with E-state index in [9.17, 15) is 27.6 Å². The second kappa shape index (κ2) is 5.66. The van der Waals surface area contributed by atoms with Crippen molar-refractivity contribution in [3.05, 3.63) is 42.0 Å². The van der Waals surface area contributed by atoms with E-state index in [1.165, 1.54) is 13.0 Å². The molecule has 142 valence electrons. The van der Waals surface area contributed by atoms with Gasteiger partial charge in [-0.1, -0.05) is 12.1 Å². The third-order valence-corrected chi connectivity index (χ3v) is 5.09. The molecule has 0 N–H and O–H groups in total. The van der Waals surface area contributed by atoms with Gasteiger partial charge in [0.2, 0.25) is 11.8 Å². The van der Waals surface area contributed by atoms with E-state index in [1.807, 2.05) is 0 Å². The molecule has 4 rings (SSSR count). The Hall–Kier alpha value is -2.68. The topological polar surface area (TPSA) is 72.9 Å². The number of ether oxygens (including phenoxy) is 2. The minimum atomic E-state index is -4.60. The smallest absolute Gasteiger partial charge is 0.416 e.